The lowest BCUT2D eigenvalue weighted by molar-refractivity contribution is 0.0104. The largest absolute Gasteiger partial charge is 0.379 e. The molecule has 0 bridgehead atoms. The standard InChI is InChI=1S/C14H28N2O/c1-5-11(2)13-9-16(12(3)8-15-13)14(4)6-7-17-10-14/h11-13,15H,5-10H2,1-4H3. The second-order valence-electron chi connectivity index (χ2n) is 6.20. The average molecular weight is 240 g/mol. The van der Waals surface area contributed by atoms with Crippen molar-refractivity contribution in [2.45, 2.75) is 58.2 Å². The van der Waals surface area contributed by atoms with E-state index in [9.17, 15) is 0 Å². The third-order valence-corrected chi connectivity index (χ3v) is 4.82. The molecule has 2 rings (SSSR count). The Bertz CT molecular complexity index is 251. The van der Waals surface area contributed by atoms with Crippen LogP contribution in [0.15, 0.2) is 0 Å². The van der Waals surface area contributed by atoms with Crippen molar-refractivity contribution < 1.29 is 4.74 Å². The normalized spacial score (nSPS) is 41.6. The fourth-order valence-electron chi connectivity index (χ4n) is 3.19. The van der Waals surface area contributed by atoms with Gasteiger partial charge in [-0.3, -0.25) is 4.90 Å². The second kappa shape index (κ2) is 5.25. The summed E-state index contributed by atoms with van der Waals surface area (Å²) in [5.41, 5.74) is 0.271. The van der Waals surface area contributed by atoms with Gasteiger partial charge in [-0.25, -0.2) is 0 Å². The minimum atomic E-state index is 0.271. The Hall–Kier alpha value is -0.120. The van der Waals surface area contributed by atoms with Crippen molar-refractivity contribution >= 4 is 0 Å². The lowest BCUT2D eigenvalue weighted by atomic mass is 9.90. The minimum absolute atomic E-state index is 0.271. The molecule has 0 saturated carbocycles. The number of piperazine rings is 1. The average Bonchev–Trinajstić information content (AvgIpc) is 2.76. The highest BCUT2D eigenvalue weighted by atomic mass is 16.5. The number of ether oxygens (including phenoxy) is 1. The molecule has 100 valence electrons. The van der Waals surface area contributed by atoms with E-state index in [1.54, 1.807) is 0 Å². The topological polar surface area (TPSA) is 24.5 Å². The molecule has 1 N–H and O–H groups in total. The van der Waals surface area contributed by atoms with Gasteiger partial charge in [0.25, 0.3) is 0 Å². The molecule has 0 aromatic heterocycles. The monoisotopic (exact) mass is 240 g/mol. The zero-order valence-electron chi connectivity index (χ0n) is 11.8. The number of hydrogen-bond acceptors (Lipinski definition) is 3. The van der Waals surface area contributed by atoms with E-state index in [1.165, 1.54) is 19.4 Å². The lowest BCUT2D eigenvalue weighted by Crippen LogP contribution is -2.64. The van der Waals surface area contributed by atoms with Crippen LogP contribution in [0.25, 0.3) is 0 Å². The van der Waals surface area contributed by atoms with E-state index < -0.39 is 0 Å². The van der Waals surface area contributed by atoms with Gasteiger partial charge in [0.05, 0.1) is 6.61 Å². The van der Waals surface area contributed by atoms with Crippen LogP contribution in [0.3, 0.4) is 0 Å². The Morgan fingerprint density at radius 2 is 2.29 bits per heavy atom. The van der Waals surface area contributed by atoms with Gasteiger partial charge in [-0.15, -0.1) is 0 Å². The Balaban J connectivity index is 2.04. The molecular weight excluding hydrogens is 212 g/mol. The van der Waals surface area contributed by atoms with Crippen molar-refractivity contribution in [1.29, 1.82) is 0 Å². The fraction of sp³-hybridized carbons (Fsp3) is 1.00. The molecule has 0 spiro atoms. The summed E-state index contributed by atoms with van der Waals surface area (Å²) in [6.45, 7) is 13.5. The SMILES string of the molecule is CCC(C)C1CN(C2(C)CCOC2)C(C)CN1. The summed E-state index contributed by atoms with van der Waals surface area (Å²) in [5.74, 6) is 0.760. The van der Waals surface area contributed by atoms with Gasteiger partial charge in [0.15, 0.2) is 0 Å². The summed E-state index contributed by atoms with van der Waals surface area (Å²) in [7, 11) is 0. The lowest BCUT2D eigenvalue weighted by Gasteiger charge is -2.48. The number of nitrogens with one attached hydrogen (secondary N) is 1. The molecule has 3 nitrogen and oxygen atoms in total. The van der Waals surface area contributed by atoms with Crippen molar-refractivity contribution in [1.82, 2.24) is 10.2 Å². The van der Waals surface area contributed by atoms with E-state index in [0.717, 1.165) is 25.7 Å². The maximum Gasteiger partial charge on any atom is 0.0648 e. The quantitative estimate of drug-likeness (QED) is 0.815. The highest BCUT2D eigenvalue weighted by Gasteiger charge is 2.41. The summed E-state index contributed by atoms with van der Waals surface area (Å²) >= 11 is 0. The highest BCUT2D eigenvalue weighted by molar-refractivity contribution is 4.98. The van der Waals surface area contributed by atoms with Gasteiger partial charge in [0, 0.05) is 37.3 Å². The van der Waals surface area contributed by atoms with Crippen LogP contribution in [0.1, 0.15) is 40.5 Å². The smallest absolute Gasteiger partial charge is 0.0648 e. The second-order valence-corrected chi connectivity index (χ2v) is 6.20. The molecular formula is C14H28N2O. The van der Waals surface area contributed by atoms with E-state index in [1.807, 2.05) is 0 Å². The first-order valence-corrected chi connectivity index (χ1v) is 7.14. The third-order valence-electron chi connectivity index (χ3n) is 4.82. The zero-order chi connectivity index (χ0) is 12.5. The molecule has 2 heterocycles. The molecule has 0 amide bonds. The van der Waals surface area contributed by atoms with Crippen molar-refractivity contribution in [2.75, 3.05) is 26.3 Å². The molecule has 2 fully saturated rings. The van der Waals surface area contributed by atoms with Crippen LogP contribution in [0.4, 0.5) is 0 Å². The van der Waals surface area contributed by atoms with Gasteiger partial charge in [0.1, 0.15) is 0 Å². The Morgan fingerprint density at radius 3 is 2.88 bits per heavy atom. The number of hydrogen-bond donors (Lipinski definition) is 1. The summed E-state index contributed by atoms with van der Waals surface area (Å²) in [6, 6.07) is 1.27. The molecule has 2 aliphatic heterocycles. The molecule has 0 aromatic carbocycles. The Labute approximate surface area is 106 Å². The molecule has 2 aliphatic rings. The van der Waals surface area contributed by atoms with Gasteiger partial charge < -0.3 is 10.1 Å². The maximum absolute atomic E-state index is 5.62. The Kier molecular flexibility index (Phi) is 4.11. The molecule has 4 unspecified atom stereocenters. The van der Waals surface area contributed by atoms with Gasteiger partial charge >= 0.3 is 0 Å². The van der Waals surface area contributed by atoms with Gasteiger partial charge in [-0.2, -0.15) is 0 Å². The molecule has 17 heavy (non-hydrogen) atoms. The van der Waals surface area contributed by atoms with Crippen LogP contribution in [-0.2, 0) is 4.74 Å². The van der Waals surface area contributed by atoms with E-state index in [0.29, 0.717) is 12.1 Å². The van der Waals surface area contributed by atoms with Crippen LogP contribution < -0.4 is 5.32 Å². The predicted molar refractivity (Wildman–Crippen MR) is 71.3 cm³/mol. The number of nitrogens with zero attached hydrogens (tertiary/aromatic N) is 1. The first-order valence-electron chi connectivity index (χ1n) is 7.14. The summed E-state index contributed by atoms with van der Waals surface area (Å²) in [5, 5.41) is 3.71. The van der Waals surface area contributed by atoms with E-state index in [2.05, 4.69) is 37.9 Å². The zero-order valence-corrected chi connectivity index (χ0v) is 11.8. The van der Waals surface area contributed by atoms with Crippen molar-refractivity contribution in [2.24, 2.45) is 5.92 Å². The van der Waals surface area contributed by atoms with Crippen molar-refractivity contribution in [3.05, 3.63) is 0 Å². The molecule has 0 aliphatic carbocycles. The van der Waals surface area contributed by atoms with Crippen LogP contribution in [0, 0.1) is 5.92 Å². The third kappa shape index (κ3) is 2.67. The predicted octanol–water partition coefficient (Wildman–Crippen LogP) is 1.87. The van der Waals surface area contributed by atoms with Crippen LogP contribution >= 0.6 is 0 Å². The van der Waals surface area contributed by atoms with Crippen LogP contribution in [-0.4, -0.2) is 48.8 Å². The van der Waals surface area contributed by atoms with Crippen LogP contribution in [0.2, 0.25) is 0 Å². The fourth-order valence-corrected chi connectivity index (χ4v) is 3.19. The van der Waals surface area contributed by atoms with Gasteiger partial charge in [0.2, 0.25) is 0 Å². The summed E-state index contributed by atoms with van der Waals surface area (Å²) < 4.78 is 5.62. The molecule has 3 heteroatoms. The van der Waals surface area contributed by atoms with Gasteiger partial charge in [-0.1, -0.05) is 20.3 Å². The molecule has 4 atom stereocenters. The molecule has 0 aromatic rings. The van der Waals surface area contributed by atoms with Crippen molar-refractivity contribution in [3.8, 4) is 0 Å². The summed E-state index contributed by atoms with van der Waals surface area (Å²) in [4.78, 5) is 2.69. The summed E-state index contributed by atoms with van der Waals surface area (Å²) in [6.07, 6.45) is 2.44. The molecule has 0 radical (unpaired) electrons. The van der Waals surface area contributed by atoms with Crippen LogP contribution in [0.5, 0.6) is 0 Å². The van der Waals surface area contributed by atoms with E-state index in [-0.39, 0.29) is 5.54 Å². The highest BCUT2D eigenvalue weighted by Crippen LogP contribution is 2.30. The minimum Gasteiger partial charge on any atom is -0.379 e. The Morgan fingerprint density at radius 1 is 1.53 bits per heavy atom. The van der Waals surface area contributed by atoms with E-state index in [4.69, 9.17) is 4.74 Å². The first kappa shape index (κ1) is 13.3. The van der Waals surface area contributed by atoms with E-state index >= 15 is 0 Å². The number of rotatable bonds is 3. The molecule has 2 saturated heterocycles. The van der Waals surface area contributed by atoms with Gasteiger partial charge in [-0.05, 0) is 26.2 Å². The van der Waals surface area contributed by atoms with Crippen molar-refractivity contribution in [3.63, 3.8) is 0 Å². The maximum atomic E-state index is 5.62. The first-order chi connectivity index (χ1) is 8.07.